The van der Waals surface area contributed by atoms with Crippen LogP contribution in [0.3, 0.4) is 0 Å². The lowest BCUT2D eigenvalue weighted by atomic mass is 9.97. The minimum absolute atomic E-state index is 0.0456. The number of likely N-dealkylation sites (tertiary alicyclic amines) is 1. The molecule has 1 aliphatic heterocycles. The van der Waals surface area contributed by atoms with Gasteiger partial charge in [0.2, 0.25) is 10.0 Å². The van der Waals surface area contributed by atoms with E-state index < -0.39 is 10.0 Å². The molecule has 2 N–H and O–H groups in total. The number of ether oxygens (including phenoxy) is 1. The van der Waals surface area contributed by atoms with E-state index in [2.05, 4.69) is 19.9 Å². The third kappa shape index (κ3) is 5.67. The first-order chi connectivity index (χ1) is 12.9. The lowest BCUT2D eigenvalue weighted by Crippen LogP contribution is -2.46. The number of carbonyl (C=O) groups excluding carboxylic acids is 1. The van der Waals surface area contributed by atoms with Crippen LogP contribution >= 0.6 is 0 Å². The summed E-state index contributed by atoms with van der Waals surface area (Å²) in [6, 6.07) is 6.68. The van der Waals surface area contributed by atoms with Gasteiger partial charge in [-0.2, -0.15) is 0 Å². The maximum absolute atomic E-state index is 11.8. The quantitative estimate of drug-likeness (QED) is 0.422. The summed E-state index contributed by atoms with van der Waals surface area (Å²) < 4.78 is 30.7. The Bertz CT molecular complexity index is 754. The van der Waals surface area contributed by atoms with E-state index in [1.807, 2.05) is 6.92 Å². The van der Waals surface area contributed by atoms with Gasteiger partial charge in [-0.05, 0) is 44.5 Å². The molecule has 0 amide bonds. The molecule has 0 saturated carbocycles. The maximum Gasteiger partial charge on any atom is 0.308 e. The molecule has 0 bridgehead atoms. The van der Waals surface area contributed by atoms with Crippen molar-refractivity contribution in [3.05, 3.63) is 29.8 Å². The van der Waals surface area contributed by atoms with Crippen LogP contribution in [0, 0.1) is 5.92 Å². The zero-order chi connectivity index (χ0) is 19.9. The van der Waals surface area contributed by atoms with E-state index in [-0.39, 0.29) is 16.8 Å². The molecule has 150 valence electrons. The normalized spacial score (nSPS) is 16.3. The van der Waals surface area contributed by atoms with Crippen LogP contribution in [0.1, 0.15) is 25.3 Å². The predicted octanol–water partition coefficient (Wildman–Crippen LogP) is 0.945. The summed E-state index contributed by atoms with van der Waals surface area (Å²) in [6.07, 6.45) is 1.49. The number of hydrogen-bond acceptors (Lipinski definition) is 5. The highest BCUT2D eigenvalue weighted by Gasteiger charge is 2.26. The fourth-order valence-electron chi connectivity index (χ4n) is 2.98. The molecular weight excluding hydrogens is 368 g/mol. The molecule has 1 aromatic rings. The van der Waals surface area contributed by atoms with E-state index in [1.54, 1.807) is 24.3 Å². The van der Waals surface area contributed by atoms with Crippen LogP contribution in [-0.4, -0.2) is 59.0 Å². The average Bonchev–Trinajstić information content (AvgIpc) is 2.71. The predicted molar refractivity (Wildman–Crippen MR) is 104 cm³/mol. The van der Waals surface area contributed by atoms with Crippen LogP contribution in [0.5, 0.6) is 0 Å². The summed E-state index contributed by atoms with van der Waals surface area (Å²) in [7, 11) is -0.618. The van der Waals surface area contributed by atoms with Crippen LogP contribution < -0.4 is 10.0 Å². The zero-order valence-electron chi connectivity index (χ0n) is 16.1. The van der Waals surface area contributed by atoms with Crippen LogP contribution in [0.4, 0.5) is 0 Å². The molecule has 27 heavy (non-hydrogen) atoms. The van der Waals surface area contributed by atoms with Gasteiger partial charge >= 0.3 is 5.97 Å². The summed E-state index contributed by atoms with van der Waals surface area (Å²) in [5, 5.41) is 3.28. The fourth-order valence-corrected chi connectivity index (χ4v) is 3.71. The fraction of sp³-hybridized carbons (Fsp3) is 0.556. The van der Waals surface area contributed by atoms with Gasteiger partial charge in [0.15, 0.2) is 5.96 Å². The van der Waals surface area contributed by atoms with Gasteiger partial charge in [-0.3, -0.25) is 4.79 Å². The molecule has 0 spiro atoms. The number of sulfonamides is 1. The SMILES string of the molecule is CCNC(=NCc1ccc(S(=O)(=O)NC)cc1)N1CCC(C(=O)OC)CC1. The Hall–Kier alpha value is -2.13. The minimum atomic E-state index is -3.43. The molecule has 0 radical (unpaired) electrons. The van der Waals surface area contributed by atoms with Crippen molar-refractivity contribution in [1.29, 1.82) is 0 Å². The first-order valence-corrected chi connectivity index (χ1v) is 10.5. The molecule has 0 aromatic heterocycles. The molecule has 1 fully saturated rings. The Morgan fingerprint density at radius 2 is 1.89 bits per heavy atom. The van der Waals surface area contributed by atoms with Crippen molar-refractivity contribution >= 4 is 22.0 Å². The molecule has 1 heterocycles. The van der Waals surface area contributed by atoms with Crippen molar-refractivity contribution in [2.24, 2.45) is 10.9 Å². The molecule has 0 aliphatic carbocycles. The molecule has 1 saturated heterocycles. The van der Waals surface area contributed by atoms with Gasteiger partial charge in [0, 0.05) is 19.6 Å². The highest BCUT2D eigenvalue weighted by Crippen LogP contribution is 2.19. The van der Waals surface area contributed by atoms with Gasteiger partial charge in [0.25, 0.3) is 0 Å². The van der Waals surface area contributed by atoms with Crippen LogP contribution in [-0.2, 0) is 26.1 Å². The number of guanidine groups is 1. The van der Waals surface area contributed by atoms with E-state index in [0.29, 0.717) is 6.54 Å². The van der Waals surface area contributed by atoms with Gasteiger partial charge in [-0.1, -0.05) is 12.1 Å². The summed E-state index contributed by atoms with van der Waals surface area (Å²) in [6.45, 7) is 4.68. The van der Waals surface area contributed by atoms with E-state index in [9.17, 15) is 13.2 Å². The van der Waals surface area contributed by atoms with Crippen LogP contribution in [0.25, 0.3) is 0 Å². The third-order valence-corrected chi connectivity index (χ3v) is 6.01. The Labute approximate surface area is 161 Å². The van der Waals surface area contributed by atoms with Gasteiger partial charge in [-0.15, -0.1) is 0 Å². The molecule has 8 nitrogen and oxygen atoms in total. The maximum atomic E-state index is 11.8. The number of piperidine rings is 1. The van der Waals surface area contributed by atoms with E-state index in [1.165, 1.54) is 14.2 Å². The van der Waals surface area contributed by atoms with Crippen molar-refractivity contribution < 1.29 is 17.9 Å². The molecule has 2 rings (SSSR count). The lowest BCUT2D eigenvalue weighted by Gasteiger charge is -2.33. The van der Waals surface area contributed by atoms with Crippen molar-refractivity contribution in [1.82, 2.24) is 14.9 Å². The summed E-state index contributed by atoms with van der Waals surface area (Å²) in [5.74, 6) is 0.608. The van der Waals surface area contributed by atoms with Crippen molar-refractivity contribution in [2.45, 2.75) is 31.2 Å². The van der Waals surface area contributed by atoms with Gasteiger partial charge in [0.05, 0.1) is 24.5 Å². The molecule has 0 atom stereocenters. The van der Waals surface area contributed by atoms with E-state index in [4.69, 9.17) is 4.74 Å². The monoisotopic (exact) mass is 396 g/mol. The van der Waals surface area contributed by atoms with Crippen molar-refractivity contribution in [3.8, 4) is 0 Å². The second-order valence-corrected chi connectivity index (χ2v) is 8.19. The first-order valence-electron chi connectivity index (χ1n) is 9.04. The number of nitrogens with one attached hydrogen (secondary N) is 2. The summed E-state index contributed by atoms with van der Waals surface area (Å²) in [5.41, 5.74) is 0.921. The number of nitrogens with zero attached hydrogens (tertiary/aromatic N) is 2. The van der Waals surface area contributed by atoms with Crippen molar-refractivity contribution in [2.75, 3.05) is 33.8 Å². The second-order valence-electron chi connectivity index (χ2n) is 6.31. The topological polar surface area (TPSA) is 100 Å². The Kier molecular flexibility index (Phi) is 7.61. The van der Waals surface area contributed by atoms with Crippen molar-refractivity contribution in [3.63, 3.8) is 0 Å². The highest BCUT2D eigenvalue weighted by molar-refractivity contribution is 7.89. The molecular formula is C18H28N4O4S. The summed E-state index contributed by atoms with van der Waals surface area (Å²) in [4.78, 5) is 18.7. The first kappa shape index (κ1) is 21.2. The lowest BCUT2D eigenvalue weighted by molar-refractivity contribution is -0.146. The average molecular weight is 397 g/mol. The Balaban J connectivity index is 2.02. The zero-order valence-corrected chi connectivity index (χ0v) is 16.9. The second kappa shape index (κ2) is 9.70. The Morgan fingerprint density at radius 3 is 2.41 bits per heavy atom. The number of rotatable bonds is 6. The largest absolute Gasteiger partial charge is 0.469 e. The highest BCUT2D eigenvalue weighted by atomic mass is 32.2. The van der Waals surface area contributed by atoms with Crippen LogP contribution in [0.2, 0.25) is 0 Å². The van der Waals surface area contributed by atoms with Gasteiger partial charge in [-0.25, -0.2) is 18.1 Å². The molecule has 1 aliphatic rings. The van der Waals surface area contributed by atoms with Gasteiger partial charge < -0.3 is 15.0 Å². The molecule has 0 unspecified atom stereocenters. The minimum Gasteiger partial charge on any atom is -0.469 e. The summed E-state index contributed by atoms with van der Waals surface area (Å²) >= 11 is 0. The molecule has 9 heteroatoms. The number of carbonyl (C=O) groups is 1. The molecule has 1 aromatic carbocycles. The van der Waals surface area contributed by atoms with E-state index >= 15 is 0 Å². The van der Waals surface area contributed by atoms with E-state index in [0.717, 1.165) is 44.0 Å². The smallest absolute Gasteiger partial charge is 0.308 e. The number of methoxy groups -OCH3 is 1. The number of esters is 1. The van der Waals surface area contributed by atoms with Crippen LogP contribution in [0.15, 0.2) is 34.2 Å². The Morgan fingerprint density at radius 1 is 1.26 bits per heavy atom. The standard InChI is InChI=1S/C18H28N4O4S/c1-4-20-18(22-11-9-15(10-12-22)17(23)26-3)21-13-14-5-7-16(8-6-14)27(24,25)19-2/h5-8,15,19H,4,9-13H2,1-3H3,(H,20,21). The number of benzene rings is 1. The number of aliphatic imine (C=N–C) groups is 1. The third-order valence-electron chi connectivity index (χ3n) is 4.58. The number of hydrogen-bond donors (Lipinski definition) is 2. The van der Waals surface area contributed by atoms with Gasteiger partial charge in [0.1, 0.15) is 0 Å².